The summed E-state index contributed by atoms with van der Waals surface area (Å²) < 4.78 is 0. The summed E-state index contributed by atoms with van der Waals surface area (Å²) in [6, 6.07) is 10.6. The predicted molar refractivity (Wildman–Crippen MR) is 57.4 cm³/mol. The first-order valence-corrected chi connectivity index (χ1v) is 5.50. The molecule has 0 saturated carbocycles. The standard InChI is InChI=1S/C11H15S/c1-2-9-12-10-8-11-6-4-3-5-7-11/h3-7H,1-2,8-10H2. The fourth-order valence-corrected chi connectivity index (χ4v) is 1.83. The quantitative estimate of drug-likeness (QED) is 0.626. The fraction of sp³-hybridized carbons (Fsp3) is 0.364. The first kappa shape index (κ1) is 9.66. The van der Waals surface area contributed by atoms with E-state index in [-0.39, 0.29) is 0 Å². The molecule has 0 bridgehead atoms. The maximum absolute atomic E-state index is 3.81. The highest BCUT2D eigenvalue weighted by atomic mass is 32.2. The molecule has 1 rings (SSSR count). The van der Waals surface area contributed by atoms with E-state index >= 15 is 0 Å². The van der Waals surface area contributed by atoms with Gasteiger partial charge in [-0.3, -0.25) is 0 Å². The van der Waals surface area contributed by atoms with Crippen LogP contribution in [-0.4, -0.2) is 11.5 Å². The molecule has 0 atom stereocenters. The zero-order valence-corrected chi connectivity index (χ0v) is 8.15. The molecule has 0 heterocycles. The van der Waals surface area contributed by atoms with E-state index in [2.05, 4.69) is 37.3 Å². The molecule has 1 heteroatoms. The van der Waals surface area contributed by atoms with Crippen molar-refractivity contribution in [1.82, 2.24) is 0 Å². The van der Waals surface area contributed by atoms with Crippen molar-refractivity contribution in [3.63, 3.8) is 0 Å². The van der Waals surface area contributed by atoms with Crippen molar-refractivity contribution < 1.29 is 0 Å². The van der Waals surface area contributed by atoms with Gasteiger partial charge in [0, 0.05) is 0 Å². The van der Waals surface area contributed by atoms with Crippen molar-refractivity contribution in [1.29, 1.82) is 0 Å². The van der Waals surface area contributed by atoms with Crippen LogP contribution in [0.5, 0.6) is 0 Å². The molecule has 1 aromatic rings. The van der Waals surface area contributed by atoms with Crippen LogP contribution in [0.1, 0.15) is 12.0 Å². The van der Waals surface area contributed by atoms with Crippen LogP contribution in [0, 0.1) is 6.92 Å². The van der Waals surface area contributed by atoms with E-state index in [1.807, 2.05) is 11.8 Å². The van der Waals surface area contributed by atoms with Gasteiger partial charge < -0.3 is 0 Å². The monoisotopic (exact) mass is 179 g/mol. The van der Waals surface area contributed by atoms with Gasteiger partial charge in [0.15, 0.2) is 0 Å². The second-order valence-electron chi connectivity index (χ2n) is 2.70. The minimum absolute atomic E-state index is 1.04. The second kappa shape index (κ2) is 6.13. The van der Waals surface area contributed by atoms with Crippen LogP contribution < -0.4 is 0 Å². The Balaban J connectivity index is 2.16. The minimum Gasteiger partial charge on any atom is -0.162 e. The first-order chi connectivity index (χ1) is 5.93. The Bertz CT molecular complexity index is 193. The normalized spacial score (nSPS) is 10.1. The largest absolute Gasteiger partial charge is 0.162 e. The zero-order chi connectivity index (χ0) is 8.65. The third-order valence-electron chi connectivity index (χ3n) is 1.67. The summed E-state index contributed by atoms with van der Waals surface area (Å²) in [5.41, 5.74) is 1.44. The summed E-state index contributed by atoms with van der Waals surface area (Å²) in [4.78, 5) is 0. The van der Waals surface area contributed by atoms with E-state index in [0.717, 1.165) is 6.42 Å². The molecular formula is C11H15S. The molecule has 0 saturated heterocycles. The van der Waals surface area contributed by atoms with Crippen molar-refractivity contribution in [3.8, 4) is 0 Å². The lowest BCUT2D eigenvalue weighted by Crippen LogP contribution is -1.88. The minimum atomic E-state index is 1.04. The van der Waals surface area contributed by atoms with E-state index in [0.29, 0.717) is 0 Å². The van der Waals surface area contributed by atoms with Gasteiger partial charge in [-0.25, -0.2) is 0 Å². The molecule has 1 aromatic carbocycles. The number of thioether (sulfide) groups is 1. The van der Waals surface area contributed by atoms with Gasteiger partial charge in [0.25, 0.3) is 0 Å². The van der Waals surface area contributed by atoms with E-state index in [4.69, 9.17) is 0 Å². The molecule has 0 aliphatic heterocycles. The molecule has 0 spiro atoms. The topological polar surface area (TPSA) is 0 Å². The van der Waals surface area contributed by atoms with E-state index < -0.39 is 0 Å². The van der Waals surface area contributed by atoms with Crippen LogP contribution in [0.4, 0.5) is 0 Å². The lowest BCUT2D eigenvalue weighted by molar-refractivity contribution is 1.15. The molecule has 0 amide bonds. The molecule has 0 N–H and O–H groups in total. The summed E-state index contributed by atoms with van der Waals surface area (Å²) in [5.74, 6) is 2.41. The summed E-state index contributed by atoms with van der Waals surface area (Å²) >= 11 is 1.99. The SMILES string of the molecule is [CH2]CCSCCc1ccccc1. The molecule has 12 heavy (non-hydrogen) atoms. The Hall–Kier alpha value is -0.430. The number of benzene rings is 1. The van der Waals surface area contributed by atoms with Crippen LogP contribution in [0.25, 0.3) is 0 Å². The average molecular weight is 179 g/mol. The van der Waals surface area contributed by atoms with Crippen molar-refractivity contribution in [3.05, 3.63) is 42.8 Å². The third-order valence-corrected chi connectivity index (χ3v) is 2.74. The van der Waals surface area contributed by atoms with E-state index in [9.17, 15) is 0 Å². The number of aryl methyl sites for hydroxylation is 1. The lowest BCUT2D eigenvalue weighted by atomic mass is 10.2. The number of rotatable bonds is 5. The lowest BCUT2D eigenvalue weighted by Gasteiger charge is -1.99. The Morgan fingerprint density at radius 3 is 2.50 bits per heavy atom. The Labute approximate surface area is 79.4 Å². The van der Waals surface area contributed by atoms with Crippen LogP contribution in [-0.2, 0) is 6.42 Å². The predicted octanol–water partition coefficient (Wildman–Crippen LogP) is 3.19. The third kappa shape index (κ3) is 3.82. The molecule has 0 nitrogen and oxygen atoms in total. The summed E-state index contributed by atoms with van der Waals surface area (Å²) in [6.45, 7) is 3.81. The van der Waals surface area contributed by atoms with Crippen LogP contribution >= 0.6 is 11.8 Å². The van der Waals surface area contributed by atoms with Gasteiger partial charge in [-0.1, -0.05) is 37.3 Å². The summed E-state index contributed by atoms with van der Waals surface area (Å²) in [5, 5.41) is 0. The van der Waals surface area contributed by atoms with Gasteiger partial charge in [-0.15, -0.1) is 0 Å². The molecule has 0 aliphatic carbocycles. The molecule has 0 fully saturated rings. The maximum Gasteiger partial charge on any atom is -0.00270 e. The molecule has 0 aromatic heterocycles. The van der Waals surface area contributed by atoms with E-state index in [1.165, 1.54) is 23.5 Å². The van der Waals surface area contributed by atoms with Crippen molar-refractivity contribution in [2.24, 2.45) is 0 Å². The molecule has 0 unspecified atom stereocenters. The first-order valence-electron chi connectivity index (χ1n) is 4.34. The van der Waals surface area contributed by atoms with Gasteiger partial charge in [0.05, 0.1) is 0 Å². The Kier molecular flexibility index (Phi) is 4.93. The van der Waals surface area contributed by atoms with Gasteiger partial charge in [0.1, 0.15) is 0 Å². The molecule has 65 valence electrons. The maximum atomic E-state index is 3.81. The average Bonchev–Trinajstić information content (AvgIpc) is 2.14. The summed E-state index contributed by atoms with van der Waals surface area (Å²) in [6.07, 6.45) is 2.23. The second-order valence-corrected chi connectivity index (χ2v) is 3.93. The molecule has 0 aliphatic rings. The molecular weight excluding hydrogens is 164 g/mol. The molecule has 1 radical (unpaired) electrons. The van der Waals surface area contributed by atoms with Crippen LogP contribution in [0.3, 0.4) is 0 Å². The Morgan fingerprint density at radius 1 is 1.08 bits per heavy atom. The van der Waals surface area contributed by atoms with Crippen molar-refractivity contribution >= 4 is 11.8 Å². The number of hydrogen-bond donors (Lipinski definition) is 0. The van der Waals surface area contributed by atoms with Gasteiger partial charge in [-0.2, -0.15) is 11.8 Å². The zero-order valence-electron chi connectivity index (χ0n) is 7.33. The Morgan fingerprint density at radius 2 is 1.83 bits per heavy atom. The highest BCUT2D eigenvalue weighted by Gasteiger charge is 1.90. The van der Waals surface area contributed by atoms with E-state index in [1.54, 1.807) is 0 Å². The van der Waals surface area contributed by atoms with Crippen molar-refractivity contribution in [2.75, 3.05) is 11.5 Å². The summed E-state index contributed by atoms with van der Waals surface area (Å²) in [7, 11) is 0. The van der Waals surface area contributed by atoms with Gasteiger partial charge in [0.2, 0.25) is 0 Å². The van der Waals surface area contributed by atoms with Crippen LogP contribution in [0.2, 0.25) is 0 Å². The highest BCUT2D eigenvalue weighted by molar-refractivity contribution is 7.99. The fourth-order valence-electron chi connectivity index (χ4n) is 1.04. The smallest absolute Gasteiger partial charge is 0.00270 e. The number of hydrogen-bond acceptors (Lipinski definition) is 1. The van der Waals surface area contributed by atoms with Crippen molar-refractivity contribution in [2.45, 2.75) is 12.8 Å². The van der Waals surface area contributed by atoms with Crippen LogP contribution in [0.15, 0.2) is 30.3 Å². The van der Waals surface area contributed by atoms with Gasteiger partial charge >= 0.3 is 0 Å². The highest BCUT2D eigenvalue weighted by Crippen LogP contribution is 2.07. The van der Waals surface area contributed by atoms with Gasteiger partial charge in [-0.05, 0) is 29.9 Å².